The molecule has 4 heteroatoms. The number of hydrogen-bond donors (Lipinski definition) is 0. The quantitative estimate of drug-likeness (QED) is 0.365. The predicted octanol–water partition coefficient (Wildman–Crippen LogP) is -1.44. The first kappa shape index (κ1) is 15.7. The van der Waals surface area contributed by atoms with Crippen LogP contribution in [0.1, 0.15) is 13.8 Å². The molecule has 0 rings (SSSR count). The second kappa shape index (κ2) is 10.1. The third-order valence-electron chi connectivity index (χ3n) is 0.348. The number of carbonyl (C=O) groups excluding carboxylic acids is 1. The maximum absolute atomic E-state index is 9.82. The number of rotatable bonds is 1. The van der Waals surface area contributed by atoms with E-state index in [1.54, 1.807) is 6.92 Å². The van der Waals surface area contributed by atoms with E-state index in [0.717, 1.165) is 0 Å². The van der Waals surface area contributed by atoms with E-state index in [-0.39, 0.29) is 31.2 Å². The molecule has 0 aromatic carbocycles. The molecule has 0 amide bonds. The van der Waals surface area contributed by atoms with Gasteiger partial charge in [0.15, 0.2) is 0 Å². The van der Waals surface area contributed by atoms with Gasteiger partial charge in [-0.3, -0.25) is 4.79 Å². The molecule has 0 aliphatic carbocycles. The van der Waals surface area contributed by atoms with Crippen LogP contribution in [-0.2, 0) is 9.53 Å². The van der Waals surface area contributed by atoms with Gasteiger partial charge < -0.3 is 10.2 Å². The van der Waals surface area contributed by atoms with Crippen molar-refractivity contribution in [1.82, 2.24) is 0 Å². The van der Waals surface area contributed by atoms with Crippen molar-refractivity contribution < 1.29 is 15.0 Å². The standard InChI is InChI=1S/C4H8O2.Ga.H2O.3H/c1-3-6-4(2)5;;;;;/h3H2,1-2H3;;1H2;;;. The Bertz CT molecular complexity index is 55.2. The summed E-state index contributed by atoms with van der Waals surface area (Å²) in [5, 5.41) is 0. The molecular formula is C4H13GaO3. The molecule has 0 radical (unpaired) electrons. The monoisotopic (exact) mass is 178 g/mol. The molecule has 0 fully saturated rings. The minimum absolute atomic E-state index is 0. The molecule has 0 aliphatic rings. The fraction of sp³-hybridized carbons (Fsp3) is 0.750. The van der Waals surface area contributed by atoms with E-state index in [1.807, 2.05) is 0 Å². The summed E-state index contributed by atoms with van der Waals surface area (Å²) in [5.74, 6) is -0.211. The minimum atomic E-state index is -0.211. The van der Waals surface area contributed by atoms with Gasteiger partial charge in [-0.05, 0) is 6.92 Å². The zero-order valence-corrected chi connectivity index (χ0v) is 4.52. The van der Waals surface area contributed by atoms with Crippen LogP contribution in [0.5, 0.6) is 0 Å². The topological polar surface area (TPSA) is 57.8 Å². The summed E-state index contributed by atoms with van der Waals surface area (Å²) in [6, 6.07) is 0. The molecule has 50 valence electrons. The predicted molar refractivity (Wildman–Crippen MR) is 35.9 cm³/mol. The Morgan fingerprint density at radius 3 is 2.00 bits per heavy atom. The zero-order valence-electron chi connectivity index (χ0n) is 4.52. The van der Waals surface area contributed by atoms with Gasteiger partial charge in [-0.15, -0.1) is 0 Å². The summed E-state index contributed by atoms with van der Waals surface area (Å²) < 4.78 is 4.40. The van der Waals surface area contributed by atoms with Crippen LogP contribution in [0.2, 0.25) is 0 Å². The molecule has 0 atom stereocenters. The van der Waals surface area contributed by atoms with Crippen LogP contribution in [0, 0.1) is 0 Å². The fourth-order valence-electron chi connectivity index (χ4n) is 0.203. The van der Waals surface area contributed by atoms with Gasteiger partial charge >= 0.3 is 25.8 Å². The maximum atomic E-state index is 9.82. The Labute approximate surface area is 61.8 Å². The molecule has 0 saturated carbocycles. The zero-order chi connectivity index (χ0) is 4.99. The van der Waals surface area contributed by atoms with E-state index < -0.39 is 0 Å². The van der Waals surface area contributed by atoms with Crippen molar-refractivity contribution in [2.45, 2.75) is 13.8 Å². The summed E-state index contributed by atoms with van der Waals surface area (Å²) in [6.45, 7) is 3.65. The Morgan fingerprint density at radius 1 is 1.62 bits per heavy atom. The second-order valence-corrected chi connectivity index (χ2v) is 0.925. The van der Waals surface area contributed by atoms with Crippen LogP contribution in [0.25, 0.3) is 0 Å². The van der Waals surface area contributed by atoms with E-state index in [9.17, 15) is 4.79 Å². The molecule has 2 N–H and O–H groups in total. The summed E-state index contributed by atoms with van der Waals surface area (Å²) in [4.78, 5) is 9.82. The number of ether oxygens (including phenoxy) is 1. The molecule has 0 spiro atoms. The van der Waals surface area contributed by atoms with Crippen molar-refractivity contribution >= 4 is 25.8 Å². The summed E-state index contributed by atoms with van der Waals surface area (Å²) >= 11 is 0. The van der Waals surface area contributed by atoms with Crippen molar-refractivity contribution in [3.63, 3.8) is 0 Å². The van der Waals surface area contributed by atoms with Gasteiger partial charge in [0.25, 0.3) is 0 Å². The van der Waals surface area contributed by atoms with Crippen molar-refractivity contribution in [1.29, 1.82) is 0 Å². The normalized spacial score (nSPS) is 5.75. The average Bonchev–Trinajstić information content (AvgIpc) is 1.35. The van der Waals surface area contributed by atoms with E-state index in [0.29, 0.717) is 6.61 Å². The molecule has 0 heterocycles. The molecule has 0 bridgehead atoms. The number of esters is 1. The number of hydrogen-bond acceptors (Lipinski definition) is 2. The van der Waals surface area contributed by atoms with Gasteiger partial charge in [0.2, 0.25) is 0 Å². The van der Waals surface area contributed by atoms with Gasteiger partial charge in [-0.25, -0.2) is 0 Å². The molecule has 3 nitrogen and oxygen atoms in total. The Balaban J connectivity index is -0.000000125. The van der Waals surface area contributed by atoms with Gasteiger partial charge in [-0.2, -0.15) is 0 Å². The van der Waals surface area contributed by atoms with Crippen LogP contribution in [-0.4, -0.2) is 37.8 Å². The van der Waals surface area contributed by atoms with E-state index >= 15 is 0 Å². The number of carbonyl (C=O) groups is 1. The summed E-state index contributed by atoms with van der Waals surface area (Å²) in [5.41, 5.74) is 0. The van der Waals surface area contributed by atoms with Crippen LogP contribution in [0.4, 0.5) is 0 Å². The molecule has 0 unspecified atom stereocenters. The third-order valence-corrected chi connectivity index (χ3v) is 0.348. The van der Waals surface area contributed by atoms with Gasteiger partial charge in [0, 0.05) is 6.92 Å². The third kappa shape index (κ3) is 16.6. The molecule has 0 aliphatic heterocycles. The van der Waals surface area contributed by atoms with Crippen molar-refractivity contribution in [3.05, 3.63) is 0 Å². The van der Waals surface area contributed by atoms with Gasteiger partial charge in [0.1, 0.15) is 0 Å². The Hall–Kier alpha value is 0.0664. The van der Waals surface area contributed by atoms with Crippen molar-refractivity contribution in [3.8, 4) is 0 Å². The van der Waals surface area contributed by atoms with E-state index in [4.69, 9.17) is 0 Å². The van der Waals surface area contributed by atoms with Crippen molar-refractivity contribution in [2.75, 3.05) is 6.61 Å². The molecule has 0 aromatic heterocycles. The molecule has 8 heavy (non-hydrogen) atoms. The van der Waals surface area contributed by atoms with Gasteiger partial charge in [0.05, 0.1) is 6.61 Å². The Kier molecular flexibility index (Phi) is 19.9. The molecule has 0 saturated heterocycles. The van der Waals surface area contributed by atoms with Gasteiger partial charge in [-0.1, -0.05) is 0 Å². The second-order valence-electron chi connectivity index (χ2n) is 0.925. The molecular weight excluding hydrogens is 166 g/mol. The first-order valence-corrected chi connectivity index (χ1v) is 1.90. The van der Waals surface area contributed by atoms with E-state index in [1.165, 1.54) is 6.92 Å². The summed E-state index contributed by atoms with van der Waals surface area (Å²) in [6.07, 6.45) is 0. The summed E-state index contributed by atoms with van der Waals surface area (Å²) in [7, 11) is 0. The van der Waals surface area contributed by atoms with Crippen LogP contribution in [0.3, 0.4) is 0 Å². The van der Waals surface area contributed by atoms with Crippen LogP contribution in [0.15, 0.2) is 0 Å². The first-order valence-electron chi connectivity index (χ1n) is 1.90. The fourth-order valence-corrected chi connectivity index (χ4v) is 0.203. The first-order chi connectivity index (χ1) is 2.77. The SMILES string of the molecule is CCOC(C)=O.O.[GaH3]. The van der Waals surface area contributed by atoms with E-state index in [2.05, 4.69) is 4.74 Å². The van der Waals surface area contributed by atoms with Crippen molar-refractivity contribution in [2.24, 2.45) is 0 Å². The average molecular weight is 179 g/mol. The van der Waals surface area contributed by atoms with Crippen LogP contribution < -0.4 is 0 Å². The Morgan fingerprint density at radius 2 is 2.00 bits per heavy atom. The molecule has 0 aromatic rings. The van der Waals surface area contributed by atoms with Crippen LogP contribution >= 0.6 is 0 Å².